The van der Waals surface area contributed by atoms with Crippen molar-refractivity contribution < 1.29 is 19.0 Å². The summed E-state index contributed by atoms with van der Waals surface area (Å²) in [5.41, 5.74) is 1.35. The summed E-state index contributed by atoms with van der Waals surface area (Å²) in [5.74, 6) is 0.757. The van der Waals surface area contributed by atoms with Gasteiger partial charge in [0.25, 0.3) is 0 Å². The van der Waals surface area contributed by atoms with E-state index in [-0.39, 0.29) is 6.04 Å². The molecular weight excluding hydrogens is 460 g/mol. The van der Waals surface area contributed by atoms with Gasteiger partial charge in [0.1, 0.15) is 22.5 Å². The van der Waals surface area contributed by atoms with Crippen LogP contribution >= 0.6 is 11.3 Å². The third-order valence-corrected chi connectivity index (χ3v) is 6.10. The minimum atomic E-state index is -0.643. The molecule has 0 aliphatic carbocycles. The van der Waals surface area contributed by atoms with Crippen LogP contribution in [-0.4, -0.2) is 34.7 Å². The maximum absolute atomic E-state index is 13.5. The lowest BCUT2D eigenvalue weighted by molar-refractivity contribution is -0.0409. The van der Waals surface area contributed by atoms with Gasteiger partial charge < -0.3 is 14.2 Å². The number of hydrogen-bond donors (Lipinski definition) is 0. The molecule has 3 rings (SSSR count). The monoisotopic (exact) mass is 494 g/mol. The summed E-state index contributed by atoms with van der Waals surface area (Å²) in [7, 11) is 1.63. The first-order valence-electron chi connectivity index (χ1n) is 11.6. The van der Waals surface area contributed by atoms with Crippen molar-refractivity contribution in [2.45, 2.75) is 58.1 Å². The maximum atomic E-state index is 13.5. The van der Waals surface area contributed by atoms with Gasteiger partial charge in [0.2, 0.25) is 0 Å². The fraction of sp³-hybridized carbons (Fsp3) is 0.357. The summed E-state index contributed by atoms with van der Waals surface area (Å²) in [6.07, 6.45) is 3.20. The molecule has 0 N–H and O–H groups in total. The largest absolute Gasteiger partial charge is 0.497 e. The number of rotatable bonds is 11. The van der Waals surface area contributed by atoms with Crippen LogP contribution < -0.4 is 4.74 Å². The van der Waals surface area contributed by atoms with Crippen molar-refractivity contribution in [2.75, 3.05) is 7.11 Å². The Labute approximate surface area is 212 Å². The number of thiazole rings is 1. The van der Waals surface area contributed by atoms with E-state index in [1.54, 1.807) is 18.2 Å². The van der Waals surface area contributed by atoms with E-state index in [2.05, 4.69) is 11.6 Å². The number of nitrogens with zero attached hydrogens (tertiary/aromatic N) is 2. The Morgan fingerprint density at radius 2 is 1.83 bits per heavy atom. The molecule has 0 saturated heterocycles. The van der Waals surface area contributed by atoms with Gasteiger partial charge in [-0.2, -0.15) is 0 Å². The van der Waals surface area contributed by atoms with Crippen LogP contribution in [0.3, 0.4) is 0 Å². The smallest absolute Gasteiger partial charge is 0.410 e. The number of hydrogen-bond acceptors (Lipinski definition) is 6. The van der Waals surface area contributed by atoms with E-state index in [9.17, 15) is 4.79 Å². The Hall–Kier alpha value is -3.16. The third kappa shape index (κ3) is 7.94. The van der Waals surface area contributed by atoms with E-state index < -0.39 is 17.8 Å². The molecule has 0 saturated carbocycles. The van der Waals surface area contributed by atoms with Gasteiger partial charge in [0, 0.05) is 18.1 Å². The summed E-state index contributed by atoms with van der Waals surface area (Å²) in [6.45, 7) is 10.3. The lowest BCUT2D eigenvalue weighted by atomic mass is 10.0. The van der Waals surface area contributed by atoms with Crippen LogP contribution in [0.4, 0.5) is 4.79 Å². The Kier molecular flexibility index (Phi) is 9.46. The lowest BCUT2D eigenvalue weighted by Gasteiger charge is -2.37. The van der Waals surface area contributed by atoms with Crippen LogP contribution in [-0.2, 0) is 22.6 Å². The zero-order valence-electron chi connectivity index (χ0n) is 20.8. The minimum Gasteiger partial charge on any atom is -0.497 e. The molecule has 0 spiro atoms. The zero-order valence-corrected chi connectivity index (χ0v) is 21.7. The van der Waals surface area contributed by atoms with Crippen molar-refractivity contribution >= 4 is 17.4 Å². The van der Waals surface area contributed by atoms with Gasteiger partial charge in [-0.15, -0.1) is 17.9 Å². The summed E-state index contributed by atoms with van der Waals surface area (Å²) in [4.78, 5) is 19.8. The molecule has 0 radical (unpaired) electrons. The van der Waals surface area contributed by atoms with Gasteiger partial charge in [-0.25, -0.2) is 9.78 Å². The quantitative estimate of drug-likeness (QED) is 0.275. The summed E-state index contributed by atoms with van der Waals surface area (Å²) >= 11 is 1.51. The molecule has 2 aromatic carbocycles. The van der Waals surface area contributed by atoms with Gasteiger partial charge in [0.15, 0.2) is 0 Å². The molecule has 35 heavy (non-hydrogen) atoms. The molecule has 0 bridgehead atoms. The maximum Gasteiger partial charge on any atom is 0.410 e. The van der Waals surface area contributed by atoms with E-state index in [1.165, 1.54) is 11.3 Å². The SMILES string of the molecule is C=CC[C@H]([C@H](OCc1ccccc1)c1nccs1)N(Cc1ccc(OC)cc1)C(=O)OC(C)(C)C. The van der Waals surface area contributed by atoms with E-state index in [1.807, 2.05) is 86.8 Å². The molecule has 1 heterocycles. The van der Waals surface area contributed by atoms with Crippen molar-refractivity contribution in [2.24, 2.45) is 0 Å². The highest BCUT2D eigenvalue weighted by molar-refractivity contribution is 7.09. The number of methoxy groups -OCH3 is 1. The van der Waals surface area contributed by atoms with Gasteiger partial charge >= 0.3 is 6.09 Å². The molecule has 1 aromatic heterocycles. The van der Waals surface area contributed by atoms with Crippen LogP contribution in [0.15, 0.2) is 78.8 Å². The van der Waals surface area contributed by atoms with Gasteiger partial charge in [-0.05, 0) is 50.5 Å². The number of amides is 1. The van der Waals surface area contributed by atoms with Crippen LogP contribution in [0.5, 0.6) is 5.75 Å². The first kappa shape index (κ1) is 26.4. The van der Waals surface area contributed by atoms with Crippen LogP contribution in [0, 0.1) is 0 Å². The van der Waals surface area contributed by atoms with Crippen molar-refractivity contribution in [3.63, 3.8) is 0 Å². The summed E-state index contributed by atoms with van der Waals surface area (Å²) < 4.78 is 17.6. The molecule has 3 aromatic rings. The van der Waals surface area contributed by atoms with E-state index in [0.29, 0.717) is 19.6 Å². The van der Waals surface area contributed by atoms with Crippen LogP contribution in [0.2, 0.25) is 0 Å². The van der Waals surface area contributed by atoms with E-state index in [4.69, 9.17) is 14.2 Å². The molecule has 186 valence electrons. The van der Waals surface area contributed by atoms with Crippen molar-refractivity contribution in [3.05, 3.63) is 95.0 Å². The summed E-state index contributed by atoms with van der Waals surface area (Å²) in [5, 5.41) is 2.72. The number of benzene rings is 2. The molecule has 7 heteroatoms. The molecule has 1 amide bonds. The standard InChI is InChI=1S/C28H34N2O4S/c1-6-10-24(25(26-29-17-18-35-26)33-20-22-11-8-7-9-12-22)30(27(31)34-28(2,3)4)19-21-13-15-23(32-5)16-14-21/h6-9,11-18,24-25H,1,10,19-20H2,2-5H3/t24-,25+/m1/s1. The van der Waals surface area contributed by atoms with Crippen molar-refractivity contribution in [1.82, 2.24) is 9.88 Å². The Bertz CT molecular complexity index is 1050. The topological polar surface area (TPSA) is 60.9 Å². The highest BCUT2D eigenvalue weighted by atomic mass is 32.1. The van der Waals surface area contributed by atoms with Gasteiger partial charge in [-0.1, -0.05) is 48.5 Å². The number of carbonyl (C=O) groups excluding carboxylic acids is 1. The van der Waals surface area contributed by atoms with Crippen molar-refractivity contribution in [1.29, 1.82) is 0 Å². The number of ether oxygens (including phenoxy) is 3. The van der Waals surface area contributed by atoms with Crippen LogP contribution in [0.25, 0.3) is 0 Å². The molecule has 0 fully saturated rings. The molecule has 0 aliphatic heterocycles. The predicted octanol–water partition coefficient (Wildman–Crippen LogP) is 6.79. The van der Waals surface area contributed by atoms with Crippen molar-refractivity contribution in [3.8, 4) is 5.75 Å². The second kappa shape index (κ2) is 12.5. The molecule has 0 aliphatic rings. The normalized spacial score (nSPS) is 13.0. The van der Waals surface area contributed by atoms with E-state index in [0.717, 1.165) is 21.9 Å². The first-order chi connectivity index (χ1) is 16.8. The fourth-order valence-corrected chi connectivity index (χ4v) is 4.37. The first-order valence-corrected chi connectivity index (χ1v) is 12.5. The second-order valence-electron chi connectivity index (χ2n) is 9.14. The summed E-state index contributed by atoms with van der Waals surface area (Å²) in [6, 6.07) is 17.3. The number of carbonyl (C=O) groups is 1. The average molecular weight is 495 g/mol. The molecule has 6 nitrogen and oxygen atoms in total. The highest BCUT2D eigenvalue weighted by Crippen LogP contribution is 2.32. The highest BCUT2D eigenvalue weighted by Gasteiger charge is 2.36. The Morgan fingerprint density at radius 1 is 1.11 bits per heavy atom. The fourth-order valence-electron chi connectivity index (χ4n) is 3.63. The van der Waals surface area contributed by atoms with Gasteiger partial charge in [-0.3, -0.25) is 4.90 Å². The Morgan fingerprint density at radius 3 is 2.40 bits per heavy atom. The average Bonchev–Trinajstić information content (AvgIpc) is 3.37. The second-order valence-corrected chi connectivity index (χ2v) is 10.1. The molecule has 0 unspecified atom stereocenters. The van der Waals surface area contributed by atoms with E-state index >= 15 is 0 Å². The predicted molar refractivity (Wildman–Crippen MR) is 139 cm³/mol. The van der Waals surface area contributed by atoms with Gasteiger partial charge in [0.05, 0.1) is 19.8 Å². The van der Waals surface area contributed by atoms with Crippen LogP contribution in [0.1, 0.15) is 49.4 Å². The molecule has 2 atom stereocenters. The zero-order chi connectivity index (χ0) is 25.3. The lowest BCUT2D eigenvalue weighted by Crippen LogP contribution is -2.46. The molecular formula is C28H34N2O4S. The number of aromatic nitrogens is 1. The third-order valence-electron chi connectivity index (χ3n) is 5.27. The minimum absolute atomic E-state index is 0.341. The Balaban J connectivity index is 1.96.